The van der Waals surface area contributed by atoms with Gasteiger partial charge in [-0.1, -0.05) is 25.5 Å². The summed E-state index contributed by atoms with van der Waals surface area (Å²) < 4.78 is 0. The normalized spacial score (nSPS) is 24.9. The molecule has 0 amide bonds. The summed E-state index contributed by atoms with van der Waals surface area (Å²) in [6.45, 7) is 8.38. The van der Waals surface area contributed by atoms with Crippen molar-refractivity contribution in [1.29, 1.82) is 0 Å². The molecule has 0 spiro atoms. The van der Waals surface area contributed by atoms with Crippen LogP contribution in [-0.2, 0) is 14.4 Å². The minimum Gasteiger partial charge on any atom is -0.508 e. The number of aliphatic hydroxyl groups is 2. The third-order valence-corrected chi connectivity index (χ3v) is 3.84. The molecule has 0 unspecified atom stereocenters. The number of hydrogen-bond acceptors (Lipinski definition) is 5. The van der Waals surface area contributed by atoms with Crippen molar-refractivity contribution in [3.8, 4) is 0 Å². The molecule has 0 radical (unpaired) electrons. The molecule has 2 atom stereocenters. The fourth-order valence-corrected chi connectivity index (χ4v) is 2.62. The number of allylic oxidation sites excluding steroid dienone is 3. The van der Waals surface area contributed by atoms with Crippen LogP contribution in [0.3, 0.4) is 0 Å². The summed E-state index contributed by atoms with van der Waals surface area (Å²) in [6, 6.07) is 0. The van der Waals surface area contributed by atoms with Gasteiger partial charge in [-0.25, -0.2) is 0 Å². The van der Waals surface area contributed by atoms with Gasteiger partial charge in [0.2, 0.25) is 0 Å². The van der Waals surface area contributed by atoms with E-state index in [1.165, 1.54) is 0 Å². The molecule has 1 aliphatic carbocycles. The minimum atomic E-state index is -2.30. The maximum absolute atomic E-state index is 12.5. The lowest BCUT2D eigenvalue weighted by molar-refractivity contribution is -0.143. The van der Waals surface area contributed by atoms with Crippen molar-refractivity contribution in [2.45, 2.75) is 53.1 Å². The standard InChI is InChI=1S/C17H24O5/c1-9(2)6-7-12-15(20)14(13(19)8-10(3)4)16(21)17(12,22)11(5)18/h6,10,12,21-22H,7-8H2,1-5H3/t12-,17-/m0/s1. The van der Waals surface area contributed by atoms with Gasteiger partial charge in [-0.3, -0.25) is 14.4 Å². The molecule has 1 aliphatic rings. The van der Waals surface area contributed by atoms with Crippen molar-refractivity contribution in [2.75, 3.05) is 0 Å². The molecule has 0 aromatic heterocycles. The molecule has 0 fully saturated rings. The van der Waals surface area contributed by atoms with E-state index in [9.17, 15) is 24.6 Å². The summed E-state index contributed by atoms with van der Waals surface area (Å²) in [5.74, 6) is -3.86. The Labute approximate surface area is 130 Å². The second kappa shape index (κ2) is 6.57. The van der Waals surface area contributed by atoms with Crippen molar-refractivity contribution in [1.82, 2.24) is 0 Å². The summed E-state index contributed by atoms with van der Waals surface area (Å²) in [5.41, 5.74) is -1.80. The van der Waals surface area contributed by atoms with E-state index < -0.39 is 40.2 Å². The van der Waals surface area contributed by atoms with Gasteiger partial charge >= 0.3 is 0 Å². The fourth-order valence-electron chi connectivity index (χ4n) is 2.62. The maximum Gasteiger partial charge on any atom is 0.190 e. The van der Waals surface area contributed by atoms with Gasteiger partial charge in [-0.15, -0.1) is 0 Å². The fraction of sp³-hybridized carbons (Fsp3) is 0.588. The quantitative estimate of drug-likeness (QED) is 0.580. The van der Waals surface area contributed by atoms with Crippen LogP contribution in [0.2, 0.25) is 0 Å². The van der Waals surface area contributed by atoms with E-state index in [1.54, 1.807) is 6.08 Å². The Morgan fingerprint density at radius 1 is 1.27 bits per heavy atom. The van der Waals surface area contributed by atoms with Gasteiger partial charge in [0.05, 0.1) is 5.92 Å². The summed E-state index contributed by atoms with van der Waals surface area (Å²) in [4.78, 5) is 36.5. The van der Waals surface area contributed by atoms with Crippen molar-refractivity contribution in [2.24, 2.45) is 11.8 Å². The average Bonchev–Trinajstić information content (AvgIpc) is 2.55. The molecule has 0 saturated carbocycles. The Morgan fingerprint density at radius 2 is 1.82 bits per heavy atom. The molecule has 5 nitrogen and oxygen atoms in total. The monoisotopic (exact) mass is 308 g/mol. The number of rotatable bonds is 6. The zero-order chi connectivity index (χ0) is 17.2. The molecule has 0 saturated heterocycles. The number of hydrogen-bond donors (Lipinski definition) is 2. The first kappa shape index (κ1) is 18.3. The van der Waals surface area contributed by atoms with Gasteiger partial charge < -0.3 is 10.2 Å². The smallest absolute Gasteiger partial charge is 0.190 e. The largest absolute Gasteiger partial charge is 0.508 e. The number of ketones is 3. The molecule has 122 valence electrons. The molecule has 5 heteroatoms. The Bertz CT molecular complexity index is 564. The van der Waals surface area contributed by atoms with E-state index in [1.807, 2.05) is 27.7 Å². The van der Waals surface area contributed by atoms with Crippen LogP contribution in [0.5, 0.6) is 0 Å². The highest BCUT2D eigenvalue weighted by Crippen LogP contribution is 2.40. The zero-order valence-corrected chi connectivity index (χ0v) is 13.8. The second-order valence-electron chi connectivity index (χ2n) is 6.50. The van der Waals surface area contributed by atoms with Crippen LogP contribution in [0.15, 0.2) is 23.0 Å². The van der Waals surface area contributed by atoms with E-state index in [0.717, 1.165) is 12.5 Å². The van der Waals surface area contributed by atoms with Crippen LogP contribution in [0.4, 0.5) is 0 Å². The highest BCUT2D eigenvalue weighted by atomic mass is 16.3. The molecule has 0 aliphatic heterocycles. The Balaban J connectivity index is 3.32. The van der Waals surface area contributed by atoms with Gasteiger partial charge in [0, 0.05) is 6.42 Å². The lowest BCUT2D eigenvalue weighted by Gasteiger charge is -2.25. The number of carbonyl (C=O) groups excluding carboxylic acids is 3. The van der Waals surface area contributed by atoms with Crippen molar-refractivity contribution in [3.63, 3.8) is 0 Å². The Morgan fingerprint density at radius 3 is 2.23 bits per heavy atom. The molecular weight excluding hydrogens is 284 g/mol. The maximum atomic E-state index is 12.5. The predicted octanol–water partition coefficient (Wildman–Crippen LogP) is 2.29. The average molecular weight is 308 g/mol. The molecule has 22 heavy (non-hydrogen) atoms. The van der Waals surface area contributed by atoms with Crippen molar-refractivity contribution in [3.05, 3.63) is 23.0 Å². The molecule has 0 aromatic carbocycles. The van der Waals surface area contributed by atoms with Gasteiger partial charge in [0.1, 0.15) is 11.3 Å². The van der Waals surface area contributed by atoms with Gasteiger partial charge in [-0.2, -0.15) is 0 Å². The Hall–Kier alpha value is -1.75. The Kier molecular flexibility index (Phi) is 5.46. The van der Waals surface area contributed by atoms with Crippen LogP contribution in [0.25, 0.3) is 0 Å². The lowest BCUT2D eigenvalue weighted by atomic mass is 9.83. The molecule has 0 bridgehead atoms. The first-order valence-electron chi connectivity index (χ1n) is 7.41. The molecule has 0 aromatic rings. The zero-order valence-electron chi connectivity index (χ0n) is 13.8. The van der Waals surface area contributed by atoms with Crippen LogP contribution in [0, 0.1) is 11.8 Å². The minimum absolute atomic E-state index is 0.00264. The first-order chi connectivity index (χ1) is 10.0. The van der Waals surface area contributed by atoms with Gasteiger partial charge in [0.15, 0.2) is 23.0 Å². The topological polar surface area (TPSA) is 91.7 Å². The summed E-state index contributed by atoms with van der Waals surface area (Å²) >= 11 is 0. The highest BCUT2D eigenvalue weighted by molar-refractivity contribution is 6.25. The van der Waals surface area contributed by atoms with E-state index in [4.69, 9.17) is 0 Å². The third kappa shape index (κ3) is 3.19. The van der Waals surface area contributed by atoms with Crippen LogP contribution in [-0.4, -0.2) is 33.2 Å². The van der Waals surface area contributed by atoms with E-state index in [2.05, 4.69) is 0 Å². The first-order valence-corrected chi connectivity index (χ1v) is 7.41. The number of carbonyl (C=O) groups is 3. The second-order valence-corrected chi connectivity index (χ2v) is 6.50. The van der Waals surface area contributed by atoms with Crippen LogP contribution in [0.1, 0.15) is 47.5 Å². The lowest BCUT2D eigenvalue weighted by Crippen LogP contribution is -2.45. The SMILES string of the molecule is CC(=O)[C@@]1(O)C(O)=C(C(=O)CC(C)C)C(=O)[C@@H]1CC=C(C)C. The van der Waals surface area contributed by atoms with Gasteiger partial charge in [-0.05, 0) is 33.1 Å². The van der Waals surface area contributed by atoms with Crippen molar-refractivity contribution >= 4 is 17.3 Å². The number of aliphatic hydroxyl groups excluding tert-OH is 1. The molecule has 0 heterocycles. The summed E-state index contributed by atoms with van der Waals surface area (Å²) in [6.07, 6.45) is 1.88. The van der Waals surface area contributed by atoms with Gasteiger partial charge in [0.25, 0.3) is 0 Å². The van der Waals surface area contributed by atoms with Crippen LogP contribution >= 0.6 is 0 Å². The molecule has 2 N–H and O–H groups in total. The molecular formula is C17H24O5. The van der Waals surface area contributed by atoms with E-state index in [-0.39, 0.29) is 18.8 Å². The van der Waals surface area contributed by atoms with Crippen molar-refractivity contribution < 1.29 is 24.6 Å². The molecule has 1 rings (SSSR count). The predicted molar refractivity (Wildman–Crippen MR) is 82.3 cm³/mol. The van der Waals surface area contributed by atoms with E-state index >= 15 is 0 Å². The van der Waals surface area contributed by atoms with E-state index in [0.29, 0.717) is 0 Å². The highest BCUT2D eigenvalue weighted by Gasteiger charge is 2.57. The number of Topliss-reactive ketones (excluding diaryl/α,β-unsaturated/α-hetero) is 3. The summed E-state index contributed by atoms with van der Waals surface area (Å²) in [5, 5.41) is 20.8. The summed E-state index contributed by atoms with van der Waals surface area (Å²) in [7, 11) is 0. The third-order valence-electron chi connectivity index (χ3n) is 3.84. The van der Waals surface area contributed by atoms with Crippen LogP contribution < -0.4 is 0 Å².